The van der Waals surface area contributed by atoms with E-state index in [2.05, 4.69) is 9.97 Å². The molecule has 6 nitrogen and oxygen atoms in total. The summed E-state index contributed by atoms with van der Waals surface area (Å²) < 4.78 is 5.31. The van der Waals surface area contributed by atoms with E-state index >= 15 is 0 Å². The summed E-state index contributed by atoms with van der Waals surface area (Å²) in [5, 5.41) is 0.521. The second kappa shape index (κ2) is 9.31. The van der Waals surface area contributed by atoms with Crippen molar-refractivity contribution in [1.29, 1.82) is 0 Å². The number of para-hydroxylation sites is 1. The average molecular weight is 425 g/mol. The Morgan fingerprint density at radius 3 is 2.56 bits per heavy atom. The molecule has 0 aliphatic rings. The minimum Gasteiger partial charge on any atom is -0.497 e. The lowest BCUT2D eigenvalue weighted by atomic mass is 10.0. The molecule has 0 spiro atoms. The molecule has 32 heavy (non-hydrogen) atoms. The van der Waals surface area contributed by atoms with Gasteiger partial charge >= 0.3 is 0 Å². The molecule has 0 saturated heterocycles. The molecule has 4 rings (SSSR count). The Bertz CT molecular complexity index is 1340. The molecule has 0 unspecified atom stereocenters. The number of methoxy groups -OCH3 is 1. The quantitative estimate of drug-likeness (QED) is 0.372. The normalized spacial score (nSPS) is 11.4. The van der Waals surface area contributed by atoms with Gasteiger partial charge in [-0.1, -0.05) is 54.6 Å². The van der Waals surface area contributed by atoms with Crippen LogP contribution in [0.3, 0.4) is 0 Å². The molecule has 0 fully saturated rings. The van der Waals surface area contributed by atoms with Gasteiger partial charge in [0.2, 0.25) is 0 Å². The maximum Gasteiger partial charge on any atom is 0.258 e. The SMILES string of the molecule is COc1cccc(/C=C(/C(=O)N(C)Cc2nc3ccccc3c(=O)[nH]2)c2ccccc2)c1. The van der Waals surface area contributed by atoms with E-state index in [1.54, 1.807) is 37.3 Å². The van der Waals surface area contributed by atoms with Crippen LogP contribution in [0.2, 0.25) is 0 Å². The van der Waals surface area contributed by atoms with Gasteiger partial charge in [0.25, 0.3) is 11.5 Å². The van der Waals surface area contributed by atoms with E-state index < -0.39 is 0 Å². The zero-order chi connectivity index (χ0) is 22.5. The fourth-order valence-electron chi connectivity index (χ4n) is 3.50. The highest BCUT2D eigenvalue weighted by atomic mass is 16.5. The van der Waals surface area contributed by atoms with Crippen molar-refractivity contribution >= 4 is 28.5 Å². The molecular formula is C26H23N3O3. The first-order chi connectivity index (χ1) is 15.5. The van der Waals surface area contributed by atoms with Gasteiger partial charge in [-0.2, -0.15) is 0 Å². The summed E-state index contributed by atoms with van der Waals surface area (Å²) in [6.45, 7) is 0.168. The second-order valence-electron chi connectivity index (χ2n) is 7.39. The van der Waals surface area contributed by atoms with Gasteiger partial charge in [-0.05, 0) is 41.5 Å². The molecular weight excluding hydrogens is 402 g/mol. The van der Waals surface area contributed by atoms with Crippen LogP contribution in [0.1, 0.15) is 17.0 Å². The summed E-state index contributed by atoms with van der Waals surface area (Å²) >= 11 is 0. The monoisotopic (exact) mass is 425 g/mol. The van der Waals surface area contributed by atoms with Crippen LogP contribution in [0.5, 0.6) is 5.75 Å². The Morgan fingerprint density at radius 2 is 1.78 bits per heavy atom. The number of rotatable bonds is 6. The van der Waals surface area contributed by atoms with E-state index in [-0.39, 0.29) is 18.0 Å². The molecule has 1 aromatic heterocycles. The first kappa shape index (κ1) is 21.1. The number of hydrogen-bond acceptors (Lipinski definition) is 4. The molecule has 0 aliphatic heterocycles. The summed E-state index contributed by atoms with van der Waals surface area (Å²) in [4.78, 5) is 34.7. The molecule has 1 N–H and O–H groups in total. The van der Waals surface area contributed by atoms with Crippen LogP contribution in [0.4, 0.5) is 0 Å². The minimum atomic E-state index is -0.221. The Balaban J connectivity index is 1.68. The number of ether oxygens (including phenoxy) is 1. The summed E-state index contributed by atoms with van der Waals surface area (Å²) in [7, 11) is 3.30. The number of benzene rings is 3. The number of carbonyl (C=O) groups is 1. The number of fused-ring (bicyclic) bond motifs is 1. The van der Waals surface area contributed by atoms with Gasteiger partial charge in [-0.25, -0.2) is 4.98 Å². The molecule has 0 bridgehead atoms. The molecule has 1 heterocycles. The summed E-state index contributed by atoms with van der Waals surface area (Å²) in [5.41, 5.74) is 2.56. The number of carbonyl (C=O) groups excluding carboxylic acids is 1. The van der Waals surface area contributed by atoms with Crippen molar-refractivity contribution in [3.8, 4) is 5.75 Å². The van der Waals surface area contributed by atoms with Gasteiger partial charge in [0.05, 0.1) is 24.6 Å². The Hall–Kier alpha value is -4.19. The van der Waals surface area contributed by atoms with Crippen molar-refractivity contribution in [2.45, 2.75) is 6.54 Å². The van der Waals surface area contributed by atoms with E-state index in [0.717, 1.165) is 11.1 Å². The van der Waals surface area contributed by atoms with E-state index in [4.69, 9.17) is 4.74 Å². The third kappa shape index (κ3) is 4.59. The van der Waals surface area contributed by atoms with Crippen molar-refractivity contribution in [1.82, 2.24) is 14.9 Å². The maximum absolute atomic E-state index is 13.5. The van der Waals surface area contributed by atoms with Gasteiger partial charge in [0.1, 0.15) is 11.6 Å². The van der Waals surface area contributed by atoms with Gasteiger partial charge in [0.15, 0.2) is 0 Å². The third-order valence-electron chi connectivity index (χ3n) is 5.12. The van der Waals surface area contributed by atoms with Gasteiger partial charge in [-0.15, -0.1) is 0 Å². The first-order valence-electron chi connectivity index (χ1n) is 10.2. The van der Waals surface area contributed by atoms with Crippen LogP contribution >= 0.6 is 0 Å². The predicted molar refractivity (Wildman–Crippen MR) is 126 cm³/mol. The van der Waals surface area contributed by atoms with Crippen LogP contribution < -0.4 is 10.3 Å². The highest BCUT2D eigenvalue weighted by Crippen LogP contribution is 2.23. The van der Waals surface area contributed by atoms with E-state index in [1.165, 1.54) is 0 Å². The number of amides is 1. The van der Waals surface area contributed by atoms with Gasteiger partial charge < -0.3 is 14.6 Å². The van der Waals surface area contributed by atoms with Crippen molar-refractivity contribution in [3.05, 3.63) is 106 Å². The highest BCUT2D eigenvalue weighted by Gasteiger charge is 2.18. The fourth-order valence-corrected chi connectivity index (χ4v) is 3.50. The molecule has 0 radical (unpaired) electrons. The van der Waals surface area contributed by atoms with Crippen LogP contribution in [-0.4, -0.2) is 34.9 Å². The summed E-state index contributed by atoms with van der Waals surface area (Å²) in [6, 6.07) is 24.2. The van der Waals surface area contributed by atoms with E-state index in [9.17, 15) is 9.59 Å². The number of nitrogens with zero attached hydrogens (tertiary/aromatic N) is 2. The molecule has 0 aliphatic carbocycles. The van der Waals surface area contributed by atoms with Crippen molar-refractivity contribution in [2.24, 2.45) is 0 Å². The van der Waals surface area contributed by atoms with Crippen molar-refractivity contribution in [3.63, 3.8) is 0 Å². The van der Waals surface area contributed by atoms with Gasteiger partial charge in [-0.3, -0.25) is 9.59 Å². The van der Waals surface area contributed by atoms with E-state index in [1.807, 2.05) is 66.7 Å². The number of aromatic nitrogens is 2. The van der Waals surface area contributed by atoms with Crippen LogP contribution in [0, 0.1) is 0 Å². The lowest BCUT2D eigenvalue weighted by molar-refractivity contribution is -0.124. The zero-order valence-electron chi connectivity index (χ0n) is 17.9. The number of nitrogens with one attached hydrogen (secondary N) is 1. The standard InChI is InChI=1S/C26H23N3O3/c1-29(17-24-27-23-14-7-6-13-21(23)25(30)28-24)26(31)22(19-10-4-3-5-11-19)16-18-9-8-12-20(15-18)32-2/h3-16H,17H2,1-2H3,(H,27,28,30)/b22-16+. The molecule has 0 saturated carbocycles. The van der Waals surface area contributed by atoms with Crippen LogP contribution in [-0.2, 0) is 11.3 Å². The molecule has 160 valence electrons. The highest BCUT2D eigenvalue weighted by molar-refractivity contribution is 6.24. The summed E-state index contributed by atoms with van der Waals surface area (Å²) in [6.07, 6.45) is 1.84. The molecule has 1 amide bonds. The second-order valence-corrected chi connectivity index (χ2v) is 7.39. The predicted octanol–water partition coefficient (Wildman–Crippen LogP) is 4.13. The third-order valence-corrected chi connectivity index (χ3v) is 5.12. The lowest BCUT2D eigenvalue weighted by Crippen LogP contribution is -2.29. The molecule has 3 aromatic carbocycles. The topological polar surface area (TPSA) is 75.3 Å². The largest absolute Gasteiger partial charge is 0.497 e. The fraction of sp³-hybridized carbons (Fsp3) is 0.115. The Morgan fingerprint density at radius 1 is 1.03 bits per heavy atom. The number of aromatic amines is 1. The number of likely N-dealkylation sites (N-methyl/N-ethyl adjacent to an activating group) is 1. The number of H-pyrrole nitrogens is 1. The maximum atomic E-state index is 13.5. The smallest absolute Gasteiger partial charge is 0.258 e. The van der Waals surface area contributed by atoms with E-state index in [0.29, 0.717) is 28.0 Å². The molecule has 0 atom stereocenters. The Labute approximate surface area is 185 Å². The molecule has 6 heteroatoms. The molecule has 4 aromatic rings. The van der Waals surface area contributed by atoms with Gasteiger partial charge in [0, 0.05) is 12.6 Å². The first-order valence-corrected chi connectivity index (χ1v) is 10.2. The summed E-state index contributed by atoms with van der Waals surface area (Å²) in [5.74, 6) is 0.957. The van der Waals surface area contributed by atoms with Crippen LogP contribution in [0.25, 0.3) is 22.6 Å². The zero-order valence-corrected chi connectivity index (χ0v) is 17.9. The van der Waals surface area contributed by atoms with Crippen LogP contribution in [0.15, 0.2) is 83.7 Å². The van der Waals surface area contributed by atoms with Crippen molar-refractivity contribution < 1.29 is 9.53 Å². The number of hydrogen-bond donors (Lipinski definition) is 1. The average Bonchev–Trinajstić information content (AvgIpc) is 2.83. The van der Waals surface area contributed by atoms with Crippen molar-refractivity contribution in [2.75, 3.05) is 14.2 Å². The lowest BCUT2D eigenvalue weighted by Gasteiger charge is -2.19. The Kier molecular flexibility index (Phi) is 6.12. The minimum absolute atomic E-state index is 0.168.